The highest BCUT2D eigenvalue weighted by molar-refractivity contribution is 7.92. The van der Waals surface area contributed by atoms with E-state index in [0.29, 0.717) is 18.7 Å². The van der Waals surface area contributed by atoms with Gasteiger partial charge in [0.2, 0.25) is 0 Å². The number of fused-ring (bicyclic) bond motifs is 1. The Morgan fingerprint density at radius 2 is 1.72 bits per heavy atom. The molecule has 1 heterocycles. The van der Waals surface area contributed by atoms with Crippen LogP contribution in [0.3, 0.4) is 0 Å². The molecule has 0 fully saturated rings. The molecule has 0 unspecified atom stereocenters. The molecule has 3 rings (SSSR count). The van der Waals surface area contributed by atoms with Crippen LogP contribution in [0.2, 0.25) is 0 Å². The Hall–Kier alpha value is -3.32. The highest BCUT2D eigenvalue weighted by Gasteiger charge is 2.22. The van der Waals surface area contributed by atoms with Gasteiger partial charge in [0, 0.05) is 12.2 Å². The second-order valence-electron chi connectivity index (χ2n) is 6.84. The summed E-state index contributed by atoms with van der Waals surface area (Å²) >= 11 is 0. The molecule has 3 amide bonds. The van der Waals surface area contributed by atoms with E-state index in [0.717, 1.165) is 6.42 Å². The predicted molar refractivity (Wildman–Crippen MR) is 116 cm³/mol. The number of urea groups is 1. The average Bonchev–Trinajstić information content (AvgIpc) is 2.73. The van der Waals surface area contributed by atoms with Gasteiger partial charge in [0.25, 0.3) is 26.0 Å². The summed E-state index contributed by atoms with van der Waals surface area (Å²) in [5, 5.41) is 4.97. The van der Waals surface area contributed by atoms with E-state index in [1.807, 2.05) is 11.6 Å². The summed E-state index contributed by atoms with van der Waals surface area (Å²) in [5.41, 5.74) is 0.336. The van der Waals surface area contributed by atoms with Crippen LogP contribution in [0.4, 0.5) is 16.2 Å². The second kappa shape index (κ2) is 9.44. The topological polar surface area (TPSA) is 160 Å². The summed E-state index contributed by atoms with van der Waals surface area (Å²) in [6.07, 6.45) is 1.56. The Morgan fingerprint density at radius 1 is 1.03 bits per heavy atom. The van der Waals surface area contributed by atoms with Gasteiger partial charge in [-0.15, -0.1) is 0 Å². The maximum absolute atomic E-state index is 12.7. The van der Waals surface area contributed by atoms with Crippen molar-refractivity contribution >= 4 is 43.4 Å². The first-order valence-corrected chi connectivity index (χ1v) is 12.6. The number of amides is 3. The van der Waals surface area contributed by atoms with Crippen molar-refractivity contribution in [2.45, 2.75) is 29.6 Å². The summed E-state index contributed by atoms with van der Waals surface area (Å²) in [6.45, 7) is 2.13. The molecule has 0 saturated heterocycles. The summed E-state index contributed by atoms with van der Waals surface area (Å²) in [5.74, 6) is -0.0474. The largest absolute Gasteiger partial charge is 0.482 e. The number of carbonyl (C=O) groups excluding carboxylic acids is 2. The van der Waals surface area contributed by atoms with Gasteiger partial charge in [-0.2, -0.15) is 0 Å². The summed E-state index contributed by atoms with van der Waals surface area (Å²) < 4.78 is 59.4. The molecule has 2 aromatic carbocycles. The van der Waals surface area contributed by atoms with Gasteiger partial charge >= 0.3 is 6.03 Å². The molecular weight excluding hydrogens is 460 g/mol. The van der Waals surface area contributed by atoms with Crippen LogP contribution in [0.5, 0.6) is 5.75 Å². The molecule has 2 aromatic rings. The predicted octanol–water partition coefficient (Wildman–Crippen LogP) is 1.61. The lowest BCUT2D eigenvalue weighted by molar-refractivity contribution is -0.118. The van der Waals surface area contributed by atoms with Crippen LogP contribution in [-0.4, -0.2) is 41.9 Å². The third kappa shape index (κ3) is 5.68. The minimum absolute atomic E-state index is 0.106. The molecule has 0 bridgehead atoms. The lowest BCUT2D eigenvalue weighted by Gasteiger charge is -2.18. The first kappa shape index (κ1) is 23.3. The highest BCUT2D eigenvalue weighted by atomic mass is 32.2. The molecule has 1 aliphatic heterocycles. The molecular formula is C19H22N4O7S2. The standard InChI is InChI=1S/C19H22N4O7S2/c1-2-3-10-20-19(25)23-31(26,27)14-6-4-13(5-7-14)22-32(28,29)15-8-9-17-16(11-15)21-18(24)12-30-17/h4-9,11,22H,2-3,10,12H2,1H3,(H,21,24)(H2,20,23,25). The van der Waals surface area contributed by atoms with E-state index in [1.165, 1.54) is 42.5 Å². The lowest BCUT2D eigenvalue weighted by atomic mass is 10.2. The number of anilines is 2. The maximum atomic E-state index is 12.7. The van der Waals surface area contributed by atoms with E-state index >= 15 is 0 Å². The van der Waals surface area contributed by atoms with Crippen LogP contribution in [0.1, 0.15) is 19.8 Å². The van der Waals surface area contributed by atoms with Crippen LogP contribution in [0, 0.1) is 0 Å². The Morgan fingerprint density at radius 3 is 2.41 bits per heavy atom. The molecule has 0 saturated carbocycles. The zero-order valence-electron chi connectivity index (χ0n) is 17.0. The first-order valence-electron chi connectivity index (χ1n) is 9.61. The van der Waals surface area contributed by atoms with Gasteiger partial charge in [0.15, 0.2) is 6.61 Å². The lowest BCUT2D eigenvalue weighted by Crippen LogP contribution is -2.39. The minimum Gasteiger partial charge on any atom is -0.482 e. The van der Waals surface area contributed by atoms with Gasteiger partial charge in [-0.05, 0) is 48.9 Å². The van der Waals surface area contributed by atoms with Crippen molar-refractivity contribution < 1.29 is 31.2 Å². The molecule has 0 atom stereocenters. The number of hydrogen-bond donors (Lipinski definition) is 4. The fraction of sp³-hybridized carbons (Fsp3) is 0.263. The SMILES string of the molecule is CCCCNC(=O)NS(=O)(=O)c1ccc(NS(=O)(=O)c2ccc3c(c2)NC(=O)CO3)cc1. The number of hydrogen-bond acceptors (Lipinski definition) is 7. The quantitative estimate of drug-likeness (QED) is 0.416. The molecule has 1 aliphatic rings. The first-order chi connectivity index (χ1) is 15.1. The number of benzene rings is 2. The van der Waals surface area contributed by atoms with Gasteiger partial charge in [0.05, 0.1) is 15.5 Å². The van der Waals surface area contributed by atoms with E-state index in [9.17, 15) is 26.4 Å². The Labute approximate surface area is 185 Å². The molecule has 0 aromatic heterocycles. The fourth-order valence-electron chi connectivity index (χ4n) is 2.74. The van der Waals surface area contributed by atoms with Crippen molar-refractivity contribution in [2.24, 2.45) is 0 Å². The van der Waals surface area contributed by atoms with E-state index in [1.54, 1.807) is 0 Å². The van der Waals surface area contributed by atoms with Crippen LogP contribution in [0.15, 0.2) is 52.3 Å². The number of unbranched alkanes of at least 4 members (excludes halogenated alkanes) is 1. The third-order valence-corrected chi connectivity index (χ3v) is 7.08. The third-order valence-electron chi connectivity index (χ3n) is 4.35. The van der Waals surface area contributed by atoms with Gasteiger partial charge in [-0.1, -0.05) is 13.3 Å². The Kier molecular flexibility index (Phi) is 6.89. The Balaban J connectivity index is 1.70. The van der Waals surface area contributed by atoms with E-state index in [4.69, 9.17) is 4.74 Å². The zero-order valence-corrected chi connectivity index (χ0v) is 18.7. The van der Waals surface area contributed by atoms with Crippen LogP contribution < -0.4 is 24.8 Å². The van der Waals surface area contributed by atoms with Gasteiger partial charge in [-0.25, -0.2) is 26.4 Å². The van der Waals surface area contributed by atoms with Gasteiger partial charge in [-0.3, -0.25) is 9.52 Å². The zero-order chi connectivity index (χ0) is 23.4. The fourth-order valence-corrected chi connectivity index (χ4v) is 4.75. The number of nitrogens with one attached hydrogen (secondary N) is 4. The van der Waals surface area contributed by atoms with E-state index < -0.39 is 32.0 Å². The molecule has 13 heteroatoms. The number of sulfonamides is 2. The molecule has 32 heavy (non-hydrogen) atoms. The summed E-state index contributed by atoms with van der Waals surface area (Å²) in [4.78, 5) is 22.8. The second-order valence-corrected chi connectivity index (χ2v) is 10.2. The normalized spacial score (nSPS) is 13.3. The van der Waals surface area contributed by atoms with Crippen molar-refractivity contribution in [3.63, 3.8) is 0 Å². The van der Waals surface area contributed by atoms with Crippen molar-refractivity contribution in [3.05, 3.63) is 42.5 Å². The van der Waals surface area contributed by atoms with Crippen LogP contribution in [-0.2, 0) is 24.8 Å². The van der Waals surface area contributed by atoms with Crippen LogP contribution >= 0.6 is 0 Å². The molecule has 0 aliphatic carbocycles. The van der Waals surface area contributed by atoms with Crippen molar-refractivity contribution in [1.29, 1.82) is 0 Å². The van der Waals surface area contributed by atoms with Crippen molar-refractivity contribution in [3.8, 4) is 5.75 Å². The van der Waals surface area contributed by atoms with Gasteiger partial charge in [0.1, 0.15) is 5.75 Å². The molecule has 172 valence electrons. The Bertz CT molecular complexity index is 1230. The summed E-state index contributed by atoms with van der Waals surface area (Å²) in [6, 6.07) is 8.01. The molecule has 4 N–H and O–H groups in total. The summed E-state index contributed by atoms with van der Waals surface area (Å²) in [7, 11) is -8.15. The highest BCUT2D eigenvalue weighted by Crippen LogP contribution is 2.30. The minimum atomic E-state index is -4.12. The van der Waals surface area contributed by atoms with E-state index in [2.05, 4.69) is 15.4 Å². The number of rotatable bonds is 8. The average molecular weight is 483 g/mol. The van der Waals surface area contributed by atoms with Crippen LogP contribution in [0.25, 0.3) is 0 Å². The van der Waals surface area contributed by atoms with Crippen molar-refractivity contribution in [2.75, 3.05) is 23.2 Å². The monoisotopic (exact) mass is 482 g/mol. The number of ether oxygens (including phenoxy) is 1. The molecule has 0 radical (unpaired) electrons. The number of carbonyl (C=O) groups is 2. The molecule has 0 spiro atoms. The van der Waals surface area contributed by atoms with Crippen molar-refractivity contribution in [1.82, 2.24) is 10.0 Å². The van der Waals surface area contributed by atoms with Gasteiger partial charge < -0.3 is 15.4 Å². The smallest absolute Gasteiger partial charge is 0.328 e. The van der Waals surface area contributed by atoms with E-state index in [-0.39, 0.29) is 27.8 Å². The maximum Gasteiger partial charge on any atom is 0.328 e. The molecule has 11 nitrogen and oxygen atoms in total.